The first-order valence-corrected chi connectivity index (χ1v) is 4.76. The van der Waals surface area contributed by atoms with Gasteiger partial charge in [-0.1, -0.05) is 11.2 Å². The monoisotopic (exact) mass is 237 g/mol. The summed E-state index contributed by atoms with van der Waals surface area (Å²) in [6.45, 7) is 1.26. The van der Waals surface area contributed by atoms with Crippen LogP contribution >= 0.6 is 0 Å². The third-order valence-corrected chi connectivity index (χ3v) is 2.03. The van der Waals surface area contributed by atoms with Crippen molar-refractivity contribution >= 4 is 12.3 Å². The van der Waals surface area contributed by atoms with Gasteiger partial charge in [0.25, 0.3) is 0 Å². The zero-order chi connectivity index (χ0) is 12.8. The van der Waals surface area contributed by atoms with Crippen LogP contribution in [0.15, 0.2) is 23.4 Å². The summed E-state index contributed by atoms with van der Waals surface area (Å²) in [6.07, 6.45) is 0.424. The highest BCUT2D eigenvalue weighted by Gasteiger charge is 2.14. The second-order valence-corrected chi connectivity index (χ2v) is 3.19. The minimum Gasteiger partial charge on any atom is -0.493 e. The van der Waals surface area contributed by atoms with Crippen molar-refractivity contribution in [3.8, 4) is 11.5 Å². The molecule has 0 saturated carbocycles. The van der Waals surface area contributed by atoms with Gasteiger partial charge < -0.3 is 14.3 Å². The van der Waals surface area contributed by atoms with E-state index in [-0.39, 0.29) is 11.5 Å². The van der Waals surface area contributed by atoms with Gasteiger partial charge in [-0.15, -0.1) is 4.91 Å². The Morgan fingerprint density at radius 2 is 2.12 bits per heavy atom. The smallest absolute Gasteiger partial charge is 0.308 e. The summed E-state index contributed by atoms with van der Waals surface area (Å²) < 4.78 is 9.87. The van der Waals surface area contributed by atoms with Crippen LogP contribution in [-0.4, -0.2) is 19.4 Å². The average molecular weight is 237 g/mol. The van der Waals surface area contributed by atoms with Crippen LogP contribution in [-0.2, 0) is 9.59 Å². The normalized spacial score (nSPS) is 11.4. The lowest BCUT2D eigenvalue weighted by atomic mass is 10.1. The number of benzene rings is 1. The number of rotatable bonds is 5. The SMILES string of the molecule is COc1cc(C(C=O)N=O)ccc1OC(C)=O. The fourth-order valence-corrected chi connectivity index (χ4v) is 1.27. The highest BCUT2D eigenvalue weighted by Crippen LogP contribution is 2.30. The second kappa shape index (κ2) is 5.74. The zero-order valence-corrected chi connectivity index (χ0v) is 9.38. The minimum atomic E-state index is -1.09. The van der Waals surface area contributed by atoms with E-state index >= 15 is 0 Å². The quantitative estimate of drug-likeness (QED) is 0.336. The highest BCUT2D eigenvalue weighted by atomic mass is 16.6. The first-order valence-electron chi connectivity index (χ1n) is 4.76. The number of nitrogens with zero attached hydrogens (tertiary/aromatic N) is 1. The average Bonchev–Trinajstić information content (AvgIpc) is 2.31. The molecular weight excluding hydrogens is 226 g/mol. The number of esters is 1. The molecule has 0 N–H and O–H groups in total. The lowest BCUT2D eigenvalue weighted by Gasteiger charge is -2.10. The van der Waals surface area contributed by atoms with Crippen molar-refractivity contribution in [3.05, 3.63) is 28.7 Å². The summed E-state index contributed by atoms with van der Waals surface area (Å²) >= 11 is 0. The third kappa shape index (κ3) is 3.10. The zero-order valence-electron chi connectivity index (χ0n) is 9.38. The maximum Gasteiger partial charge on any atom is 0.308 e. The minimum absolute atomic E-state index is 0.222. The molecule has 1 aromatic carbocycles. The summed E-state index contributed by atoms with van der Waals surface area (Å²) in [6, 6.07) is 3.26. The summed E-state index contributed by atoms with van der Waals surface area (Å²) in [5.74, 6) is -0.0102. The maximum atomic E-state index is 10.8. The van der Waals surface area contributed by atoms with E-state index in [2.05, 4.69) is 5.18 Å². The van der Waals surface area contributed by atoms with Gasteiger partial charge in [0.2, 0.25) is 0 Å². The molecule has 17 heavy (non-hydrogen) atoms. The number of aldehydes is 1. The lowest BCUT2D eigenvalue weighted by Crippen LogP contribution is -2.04. The number of methoxy groups -OCH3 is 1. The molecular formula is C11H11NO5. The molecule has 1 aromatic rings. The van der Waals surface area contributed by atoms with E-state index in [0.717, 1.165) is 0 Å². The van der Waals surface area contributed by atoms with Gasteiger partial charge in [-0.3, -0.25) is 4.79 Å². The van der Waals surface area contributed by atoms with Gasteiger partial charge in [0.05, 0.1) is 7.11 Å². The molecule has 0 aliphatic rings. The topological polar surface area (TPSA) is 82.0 Å². The van der Waals surface area contributed by atoms with E-state index in [0.29, 0.717) is 11.8 Å². The van der Waals surface area contributed by atoms with Crippen LogP contribution in [0.3, 0.4) is 0 Å². The molecule has 0 aromatic heterocycles. The molecule has 6 nitrogen and oxygen atoms in total. The Hall–Kier alpha value is -2.24. The summed E-state index contributed by atoms with van der Waals surface area (Å²) in [7, 11) is 1.39. The Balaban J connectivity index is 3.11. The molecule has 0 aliphatic carbocycles. The van der Waals surface area contributed by atoms with Crippen LogP contribution in [0.5, 0.6) is 11.5 Å². The molecule has 6 heteroatoms. The maximum absolute atomic E-state index is 10.8. The Bertz CT molecular complexity index is 435. The first-order chi connectivity index (χ1) is 8.12. The van der Waals surface area contributed by atoms with E-state index < -0.39 is 12.0 Å². The molecule has 90 valence electrons. The van der Waals surface area contributed by atoms with Crippen molar-refractivity contribution in [1.82, 2.24) is 0 Å². The molecule has 0 aliphatic heterocycles. The third-order valence-electron chi connectivity index (χ3n) is 2.03. The second-order valence-electron chi connectivity index (χ2n) is 3.19. The van der Waals surface area contributed by atoms with Gasteiger partial charge in [0, 0.05) is 6.92 Å². The summed E-state index contributed by atoms with van der Waals surface area (Å²) in [4.78, 5) is 31.8. The fourth-order valence-electron chi connectivity index (χ4n) is 1.27. The first kappa shape index (κ1) is 12.8. The molecule has 0 heterocycles. The number of hydrogen-bond donors (Lipinski definition) is 0. The molecule has 0 amide bonds. The van der Waals surface area contributed by atoms with Crippen molar-refractivity contribution in [3.63, 3.8) is 0 Å². The van der Waals surface area contributed by atoms with Crippen LogP contribution in [0.25, 0.3) is 0 Å². The lowest BCUT2D eigenvalue weighted by molar-refractivity contribution is -0.132. The molecule has 1 unspecified atom stereocenters. The van der Waals surface area contributed by atoms with E-state index in [4.69, 9.17) is 9.47 Å². The predicted octanol–water partition coefficient (Wildman–Crippen LogP) is 1.63. The van der Waals surface area contributed by atoms with Crippen molar-refractivity contribution < 1.29 is 19.1 Å². The molecule has 0 bridgehead atoms. The van der Waals surface area contributed by atoms with Crippen LogP contribution in [0, 0.1) is 4.91 Å². The molecule has 0 saturated heterocycles. The Morgan fingerprint density at radius 3 is 2.59 bits per heavy atom. The number of nitroso groups, excluding NO2 is 1. The standard InChI is InChI=1S/C11H11NO5/c1-7(14)17-10-4-3-8(5-11(10)16-2)9(6-13)12-15/h3-6,9H,1-2H3. The number of carbonyl (C=O) groups is 2. The van der Waals surface area contributed by atoms with E-state index in [1.54, 1.807) is 0 Å². The van der Waals surface area contributed by atoms with Gasteiger partial charge in [-0.05, 0) is 17.7 Å². The summed E-state index contributed by atoms with van der Waals surface area (Å²) in [5.41, 5.74) is 0.378. The highest BCUT2D eigenvalue weighted by molar-refractivity contribution is 5.71. The molecule has 0 radical (unpaired) electrons. The largest absolute Gasteiger partial charge is 0.493 e. The van der Waals surface area contributed by atoms with E-state index in [1.807, 2.05) is 0 Å². The van der Waals surface area contributed by atoms with Crippen molar-refractivity contribution in [2.75, 3.05) is 7.11 Å². The van der Waals surface area contributed by atoms with Gasteiger partial charge in [0.1, 0.15) is 0 Å². The number of hydrogen-bond acceptors (Lipinski definition) is 6. The van der Waals surface area contributed by atoms with Crippen molar-refractivity contribution in [2.24, 2.45) is 5.18 Å². The van der Waals surface area contributed by atoms with Crippen LogP contribution in [0.4, 0.5) is 0 Å². The number of carbonyl (C=O) groups excluding carboxylic acids is 2. The number of ether oxygens (including phenoxy) is 2. The molecule has 1 rings (SSSR count). The van der Waals surface area contributed by atoms with Crippen LogP contribution in [0.2, 0.25) is 0 Å². The molecule has 0 fully saturated rings. The van der Waals surface area contributed by atoms with Crippen LogP contribution in [0.1, 0.15) is 18.5 Å². The van der Waals surface area contributed by atoms with E-state index in [9.17, 15) is 14.5 Å². The van der Waals surface area contributed by atoms with Crippen molar-refractivity contribution in [2.45, 2.75) is 13.0 Å². The van der Waals surface area contributed by atoms with Gasteiger partial charge in [0.15, 0.2) is 23.8 Å². The van der Waals surface area contributed by atoms with Crippen LogP contribution < -0.4 is 9.47 Å². The Morgan fingerprint density at radius 1 is 1.41 bits per heavy atom. The van der Waals surface area contributed by atoms with Gasteiger partial charge in [-0.2, -0.15) is 0 Å². The predicted molar refractivity (Wildman–Crippen MR) is 58.9 cm³/mol. The molecule has 1 atom stereocenters. The van der Waals surface area contributed by atoms with Crippen molar-refractivity contribution in [1.29, 1.82) is 0 Å². The fraction of sp³-hybridized carbons (Fsp3) is 0.273. The summed E-state index contributed by atoms with van der Waals surface area (Å²) in [5, 5.41) is 2.66. The van der Waals surface area contributed by atoms with E-state index in [1.165, 1.54) is 32.2 Å². The Kier molecular flexibility index (Phi) is 4.33. The van der Waals surface area contributed by atoms with Gasteiger partial charge >= 0.3 is 5.97 Å². The Labute approximate surface area is 97.5 Å². The molecule has 0 spiro atoms. The van der Waals surface area contributed by atoms with Gasteiger partial charge in [-0.25, -0.2) is 0 Å².